The molecular formula is C19H13ClF3NO2S. The molecule has 0 unspecified atom stereocenters. The largest absolute Gasteiger partial charge is 0.416 e. The third-order valence-electron chi connectivity index (χ3n) is 4.17. The molecule has 3 nitrogen and oxygen atoms in total. The van der Waals surface area contributed by atoms with Crippen LogP contribution in [0.5, 0.6) is 0 Å². The molecule has 8 heteroatoms. The molecule has 3 rings (SSSR count). The van der Waals surface area contributed by atoms with Crippen molar-refractivity contribution in [1.82, 2.24) is 0 Å². The maximum absolute atomic E-state index is 13.0. The number of hydrogen-bond donors (Lipinski definition) is 1. The van der Waals surface area contributed by atoms with Crippen LogP contribution >= 0.6 is 10.7 Å². The Bertz CT molecular complexity index is 1170. The second-order valence-corrected chi connectivity index (χ2v) is 8.58. The van der Waals surface area contributed by atoms with Crippen molar-refractivity contribution in [3.63, 3.8) is 0 Å². The van der Waals surface area contributed by atoms with Crippen molar-refractivity contribution in [2.45, 2.75) is 18.0 Å². The van der Waals surface area contributed by atoms with Crippen molar-refractivity contribution in [2.75, 3.05) is 0 Å². The monoisotopic (exact) mass is 411 g/mol. The summed E-state index contributed by atoms with van der Waals surface area (Å²) >= 11 is 0. The van der Waals surface area contributed by atoms with E-state index in [1.165, 1.54) is 25.1 Å². The van der Waals surface area contributed by atoms with Crippen LogP contribution in [-0.4, -0.2) is 14.1 Å². The summed E-state index contributed by atoms with van der Waals surface area (Å²) in [4.78, 5) is -0.0651. The van der Waals surface area contributed by atoms with Crippen LogP contribution in [0, 0.1) is 5.41 Å². The van der Waals surface area contributed by atoms with Crippen molar-refractivity contribution in [1.29, 1.82) is 5.41 Å². The molecule has 0 aliphatic rings. The van der Waals surface area contributed by atoms with Crippen molar-refractivity contribution in [2.24, 2.45) is 0 Å². The van der Waals surface area contributed by atoms with Gasteiger partial charge in [-0.25, -0.2) is 8.42 Å². The molecule has 0 spiro atoms. The summed E-state index contributed by atoms with van der Waals surface area (Å²) in [6.45, 7) is 1.42. The molecule has 27 heavy (non-hydrogen) atoms. The predicted octanol–water partition coefficient (Wildman–Crippen LogP) is 5.84. The average molecular weight is 412 g/mol. The molecule has 0 aliphatic heterocycles. The topological polar surface area (TPSA) is 58.0 Å². The van der Waals surface area contributed by atoms with Gasteiger partial charge in [-0.2, -0.15) is 13.2 Å². The Hall–Kier alpha value is -2.38. The van der Waals surface area contributed by atoms with Gasteiger partial charge in [-0.15, -0.1) is 0 Å². The Morgan fingerprint density at radius 3 is 2.30 bits per heavy atom. The maximum atomic E-state index is 13.0. The van der Waals surface area contributed by atoms with Gasteiger partial charge < -0.3 is 5.41 Å². The van der Waals surface area contributed by atoms with E-state index in [0.717, 1.165) is 12.1 Å². The number of halogens is 4. The first-order valence-electron chi connectivity index (χ1n) is 7.73. The summed E-state index contributed by atoms with van der Waals surface area (Å²) in [6, 6.07) is 12.6. The van der Waals surface area contributed by atoms with Gasteiger partial charge in [0.2, 0.25) is 0 Å². The summed E-state index contributed by atoms with van der Waals surface area (Å²) in [5.74, 6) is 0. The summed E-state index contributed by atoms with van der Waals surface area (Å²) in [6.07, 6.45) is -4.51. The first kappa shape index (κ1) is 19.4. The van der Waals surface area contributed by atoms with Gasteiger partial charge in [0.05, 0.1) is 10.5 Å². The van der Waals surface area contributed by atoms with Crippen LogP contribution in [0.15, 0.2) is 59.5 Å². The van der Waals surface area contributed by atoms with Gasteiger partial charge in [0.1, 0.15) is 0 Å². The van der Waals surface area contributed by atoms with Crippen LogP contribution in [0.25, 0.3) is 21.9 Å². The maximum Gasteiger partial charge on any atom is 0.416 e. The Kier molecular flexibility index (Phi) is 4.78. The van der Waals surface area contributed by atoms with Crippen LogP contribution in [0.3, 0.4) is 0 Å². The van der Waals surface area contributed by atoms with Gasteiger partial charge >= 0.3 is 6.18 Å². The van der Waals surface area contributed by atoms with E-state index >= 15 is 0 Å². The number of rotatable bonds is 3. The molecule has 0 fully saturated rings. The van der Waals surface area contributed by atoms with E-state index < -0.39 is 20.8 Å². The number of nitrogens with one attached hydrogen (secondary N) is 1. The summed E-state index contributed by atoms with van der Waals surface area (Å²) in [7, 11) is 1.48. The van der Waals surface area contributed by atoms with Crippen LogP contribution in [0.1, 0.15) is 18.1 Å². The predicted molar refractivity (Wildman–Crippen MR) is 99.9 cm³/mol. The minimum Gasteiger partial charge on any atom is -0.305 e. The van der Waals surface area contributed by atoms with E-state index in [2.05, 4.69) is 0 Å². The van der Waals surface area contributed by atoms with Gasteiger partial charge in [-0.1, -0.05) is 30.3 Å². The van der Waals surface area contributed by atoms with E-state index in [1.54, 1.807) is 24.3 Å². The molecule has 3 aromatic rings. The fourth-order valence-electron chi connectivity index (χ4n) is 2.91. The lowest BCUT2D eigenvalue weighted by atomic mass is 9.91. The standard InChI is InChI=1S/C19H13ClF3NO2S/c1-11(24)18-10-13(19(21,22)23)5-7-17(18)16-4-2-3-12-9-14(27(20,25)26)6-8-15(12)16/h2-10,24H,1H3. The lowest BCUT2D eigenvalue weighted by molar-refractivity contribution is -0.137. The molecule has 0 saturated carbocycles. The lowest BCUT2D eigenvalue weighted by Gasteiger charge is -2.15. The highest BCUT2D eigenvalue weighted by Gasteiger charge is 2.31. The van der Waals surface area contributed by atoms with E-state index in [4.69, 9.17) is 16.1 Å². The van der Waals surface area contributed by atoms with E-state index in [0.29, 0.717) is 21.9 Å². The van der Waals surface area contributed by atoms with Gasteiger partial charge in [0.25, 0.3) is 9.05 Å². The molecule has 0 heterocycles. The van der Waals surface area contributed by atoms with Crippen molar-refractivity contribution in [3.8, 4) is 11.1 Å². The highest BCUT2D eigenvalue weighted by atomic mass is 35.7. The zero-order valence-electron chi connectivity index (χ0n) is 13.9. The third kappa shape index (κ3) is 3.84. The molecule has 0 saturated heterocycles. The van der Waals surface area contributed by atoms with Crippen molar-refractivity contribution < 1.29 is 21.6 Å². The molecule has 0 aliphatic carbocycles. The van der Waals surface area contributed by atoms with E-state index in [1.807, 2.05) is 0 Å². The van der Waals surface area contributed by atoms with Gasteiger partial charge in [0, 0.05) is 22.0 Å². The molecule has 0 amide bonds. The molecule has 0 atom stereocenters. The Balaban J connectivity index is 2.28. The highest BCUT2D eigenvalue weighted by molar-refractivity contribution is 8.13. The summed E-state index contributed by atoms with van der Waals surface area (Å²) < 4.78 is 62.2. The Morgan fingerprint density at radius 2 is 1.70 bits per heavy atom. The molecule has 0 bridgehead atoms. The van der Waals surface area contributed by atoms with Crippen molar-refractivity contribution >= 4 is 36.2 Å². The second kappa shape index (κ2) is 6.65. The summed E-state index contributed by atoms with van der Waals surface area (Å²) in [5.41, 5.74) is 0.381. The molecule has 0 radical (unpaired) electrons. The quantitative estimate of drug-likeness (QED) is 0.434. The van der Waals surface area contributed by atoms with Crippen LogP contribution in [0.4, 0.5) is 13.2 Å². The number of hydrogen-bond acceptors (Lipinski definition) is 3. The fourth-order valence-corrected chi connectivity index (χ4v) is 3.70. The highest BCUT2D eigenvalue weighted by Crippen LogP contribution is 2.36. The third-order valence-corrected chi connectivity index (χ3v) is 5.53. The van der Waals surface area contributed by atoms with Crippen molar-refractivity contribution in [3.05, 3.63) is 65.7 Å². The zero-order valence-corrected chi connectivity index (χ0v) is 15.5. The molecule has 3 aromatic carbocycles. The minimum atomic E-state index is -4.51. The SMILES string of the molecule is CC(=N)c1cc(C(F)(F)F)ccc1-c1cccc2cc(S(=O)(=O)Cl)ccc12. The molecule has 1 N–H and O–H groups in total. The smallest absolute Gasteiger partial charge is 0.305 e. The summed E-state index contributed by atoms with van der Waals surface area (Å²) in [5, 5.41) is 9.10. The first-order valence-corrected chi connectivity index (χ1v) is 10.0. The van der Waals surface area contributed by atoms with Gasteiger partial charge in [-0.05, 0) is 53.1 Å². The van der Waals surface area contributed by atoms with Gasteiger partial charge in [0.15, 0.2) is 0 Å². The zero-order chi connectivity index (χ0) is 20.0. The molecular weight excluding hydrogens is 399 g/mol. The fraction of sp³-hybridized carbons (Fsp3) is 0.105. The van der Waals surface area contributed by atoms with Gasteiger partial charge in [-0.3, -0.25) is 0 Å². The van der Waals surface area contributed by atoms with Crippen LogP contribution < -0.4 is 0 Å². The van der Waals surface area contributed by atoms with Crippen LogP contribution in [0.2, 0.25) is 0 Å². The lowest BCUT2D eigenvalue weighted by Crippen LogP contribution is -2.07. The number of fused-ring (bicyclic) bond motifs is 1. The number of benzene rings is 3. The Labute approximate surface area is 158 Å². The first-order chi connectivity index (χ1) is 12.5. The van der Waals surface area contributed by atoms with E-state index in [-0.39, 0.29) is 16.2 Å². The van der Waals surface area contributed by atoms with E-state index in [9.17, 15) is 21.6 Å². The molecule has 140 valence electrons. The molecule has 0 aromatic heterocycles. The Morgan fingerprint density at radius 1 is 1.00 bits per heavy atom. The normalized spacial score (nSPS) is 12.3. The van der Waals surface area contributed by atoms with Crippen LogP contribution in [-0.2, 0) is 15.2 Å². The second-order valence-electron chi connectivity index (χ2n) is 6.01. The minimum absolute atomic E-state index is 0.00643. The average Bonchev–Trinajstić information content (AvgIpc) is 2.58. The number of alkyl halides is 3.